The van der Waals surface area contributed by atoms with Crippen molar-refractivity contribution in [3.8, 4) is 17.6 Å². The summed E-state index contributed by atoms with van der Waals surface area (Å²) in [6.45, 7) is 4.46. The van der Waals surface area contributed by atoms with Crippen LogP contribution in [0.4, 0.5) is 0 Å². The summed E-state index contributed by atoms with van der Waals surface area (Å²) < 4.78 is 11.4. The Kier molecular flexibility index (Phi) is 8.10. The average molecular weight is 437 g/mol. The first-order chi connectivity index (χ1) is 15.5. The van der Waals surface area contributed by atoms with Crippen LogP contribution in [0.5, 0.6) is 11.5 Å². The number of amides is 2. The molecule has 0 radical (unpaired) electrons. The van der Waals surface area contributed by atoms with Crippen molar-refractivity contribution >= 4 is 17.9 Å². The zero-order valence-electron chi connectivity index (χ0n) is 19.3. The van der Waals surface area contributed by atoms with Gasteiger partial charge in [-0.05, 0) is 55.5 Å². The van der Waals surface area contributed by atoms with Crippen LogP contribution in [0.15, 0.2) is 34.9 Å². The molecule has 1 heterocycles. The highest BCUT2D eigenvalue weighted by Gasteiger charge is 2.40. The summed E-state index contributed by atoms with van der Waals surface area (Å²) in [5, 5.41) is 9.59. The van der Waals surface area contributed by atoms with Crippen molar-refractivity contribution in [2.24, 2.45) is 0 Å². The van der Waals surface area contributed by atoms with Crippen molar-refractivity contribution < 1.29 is 19.1 Å². The Bertz CT molecular complexity index is 965. The second-order valence-corrected chi connectivity index (χ2v) is 8.41. The number of ether oxygens (including phenoxy) is 2. The number of carbonyl (C=O) groups is 2. The van der Waals surface area contributed by atoms with Gasteiger partial charge in [-0.3, -0.25) is 14.5 Å². The van der Waals surface area contributed by atoms with E-state index in [0.717, 1.165) is 44.1 Å². The molecule has 1 aliphatic carbocycles. The number of imide groups is 1. The Morgan fingerprint density at radius 3 is 2.53 bits per heavy atom. The summed E-state index contributed by atoms with van der Waals surface area (Å²) in [7, 11) is 1.58. The van der Waals surface area contributed by atoms with Gasteiger partial charge in [0.1, 0.15) is 11.6 Å². The predicted octanol–water partition coefficient (Wildman–Crippen LogP) is 5.19. The fourth-order valence-electron chi connectivity index (χ4n) is 4.36. The highest BCUT2D eigenvalue weighted by Crippen LogP contribution is 2.34. The fraction of sp³-hybridized carbons (Fsp3) is 0.500. The maximum atomic E-state index is 13.3. The van der Waals surface area contributed by atoms with E-state index in [2.05, 4.69) is 6.92 Å². The molecule has 1 aromatic carbocycles. The van der Waals surface area contributed by atoms with E-state index in [1.807, 2.05) is 24.3 Å². The molecule has 1 fully saturated rings. The van der Waals surface area contributed by atoms with Crippen molar-refractivity contribution in [2.75, 3.05) is 13.7 Å². The highest BCUT2D eigenvalue weighted by molar-refractivity contribution is 6.19. The normalized spacial score (nSPS) is 18.4. The number of benzene rings is 1. The van der Waals surface area contributed by atoms with Gasteiger partial charge in [-0.15, -0.1) is 0 Å². The van der Waals surface area contributed by atoms with Crippen LogP contribution in [0.3, 0.4) is 0 Å². The van der Waals surface area contributed by atoms with E-state index < -0.39 is 5.91 Å². The van der Waals surface area contributed by atoms with Gasteiger partial charge in [-0.25, -0.2) is 0 Å². The molecule has 6 nitrogen and oxygen atoms in total. The third-order valence-corrected chi connectivity index (χ3v) is 6.22. The zero-order chi connectivity index (χ0) is 23.1. The van der Waals surface area contributed by atoms with E-state index in [9.17, 15) is 14.9 Å². The molecular weight excluding hydrogens is 404 g/mol. The largest absolute Gasteiger partial charge is 0.493 e. The Morgan fingerprint density at radius 1 is 1.12 bits per heavy atom. The SMILES string of the molecule is CCCCCCOc1ccc(/C=C2/C(=O)N(C3CCCC3)C(=O)C(C#N)=C2C)cc1OC. The van der Waals surface area contributed by atoms with Gasteiger partial charge in [0, 0.05) is 11.6 Å². The van der Waals surface area contributed by atoms with Crippen molar-refractivity contribution in [3.63, 3.8) is 0 Å². The first kappa shape index (κ1) is 23.6. The Morgan fingerprint density at radius 2 is 1.88 bits per heavy atom. The van der Waals surface area contributed by atoms with E-state index in [4.69, 9.17) is 9.47 Å². The van der Waals surface area contributed by atoms with E-state index in [0.29, 0.717) is 29.3 Å². The minimum Gasteiger partial charge on any atom is -0.493 e. The van der Waals surface area contributed by atoms with Crippen molar-refractivity contribution in [1.82, 2.24) is 4.90 Å². The molecule has 2 aliphatic rings. The van der Waals surface area contributed by atoms with Crippen molar-refractivity contribution in [1.29, 1.82) is 5.26 Å². The molecule has 3 rings (SSSR count). The maximum Gasteiger partial charge on any atom is 0.271 e. The van der Waals surface area contributed by atoms with Gasteiger partial charge in [0.25, 0.3) is 11.8 Å². The lowest BCUT2D eigenvalue weighted by atomic mass is 9.92. The first-order valence-corrected chi connectivity index (χ1v) is 11.5. The van der Waals surface area contributed by atoms with Crippen molar-refractivity contribution in [2.45, 2.75) is 71.3 Å². The van der Waals surface area contributed by atoms with Gasteiger partial charge >= 0.3 is 0 Å². The molecule has 0 N–H and O–H groups in total. The number of carbonyl (C=O) groups excluding carboxylic acids is 2. The quantitative estimate of drug-likeness (QED) is 0.302. The number of hydrogen-bond acceptors (Lipinski definition) is 5. The standard InChI is InChI=1S/C26H32N2O4/c1-4-5-6-9-14-32-23-13-12-19(16-24(23)31-3)15-21-18(2)22(17-27)26(30)28(25(21)29)20-10-7-8-11-20/h12-13,15-16,20H,4-11,14H2,1-3H3/b21-15+. The van der Waals surface area contributed by atoms with Gasteiger partial charge in [0.2, 0.25) is 0 Å². The number of hydrogen-bond donors (Lipinski definition) is 0. The predicted molar refractivity (Wildman–Crippen MR) is 123 cm³/mol. The second kappa shape index (κ2) is 11.0. The van der Waals surface area contributed by atoms with Gasteiger partial charge in [0.15, 0.2) is 11.5 Å². The summed E-state index contributed by atoms with van der Waals surface area (Å²) in [6, 6.07) is 7.40. The van der Waals surface area contributed by atoms with Crippen LogP contribution in [0.1, 0.15) is 70.8 Å². The van der Waals surface area contributed by atoms with Crippen LogP contribution in [0.25, 0.3) is 6.08 Å². The van der Waals surface area contributed by atoms with Crippen LogP contribution in [0.2, 0.25) is 0 Å². The molecule has 0 spiro atoms. The molecule has 6 heteroatoms. The van der Waals surface area contributed by atoms with E-state index in [1.54, 1.807) is 20.1 Å². The highest BCUT2D eigenvalue weighted by atomic mass is 16.5. The van der Waals surface area contributed by atoms with Gasteiger partial charge in [-0.1, -0.05) is 45.1 Å². The molecule has 1 aromatic rings. The van der Waals surface area contributed by atoms with E-state index >= 15 is 0 Å². The van der Waals surface area contributed by atoms with Crippen LogP contribution >= 0.6 is 0 Å². The number of nitrogens with zero attached hydrogens (tertiary/aromatic N) is 2. The molecule has 1 saturated carbocycles. The van der Waals surface area contributed by atoms with E-state index in [-0.39, 0.29) is 17.5 Å². The molecule has 32 heavy (non-hydrogen) atoms. The fourth-order valence-corrected chi connectivity index (χ4v) is 4.36. The molecule has 0 bridgehead atoms. The second-order valence-electron chi connectivity index (χ2n) is 8.41. The van der Waals surface area contributed by atoms with Crippen LogP contribution < -0.4 is 9.47 Å². The molecule has 0 saturated heterocycles. The summed E-state index contributed by atoms with van der Waals surface area (Å²) in [5.41, 5.74) is 1.60. The molecule has 0 unspecified atom stereocenters. The Hall–Kier alpha value is -3.07. The van der Waals surface area contributed by atoms with Crippen LogP contribution in [-0.2, 0) is 9.59 Å². The Balaban J connectivity index is 1.88. The topological polar surface area (TPSA) is 79.6 Å². The minimum atomic E-state index is -0.469. The van der Waals surface area contributed by atoms with Crippen molar-refractivity contribution in [3.05, 3.63) is 40.5 Å². The smallest absolute Gasteiger partial charge is 0.271 e. The minimum absolute atomic E-state index is 0.0433. The number of nitriles is 1. The van der Waals surface area contributed by atoms with Gasteiger partial charge < -0.3 is 9.47 Å². The number of rotatable bonds is 9. The molecule has 2 amide bonds. The molecule has 1 aliphatic heterocycles. The molecule has 170 valence electrons. The lowest BCUT2D eigenvalue weighted by molar-refractivity contribution is -0.143. The van der Waals surface area contributed by atoms with Crippen LogP contribution in [-0.4, -0.2) is 36.5 Å². The first-order valence-electron chi connectivity index (χ1n) is 11.5. The number of methoxy groups -OCH3 is 1. The number of unbranched alkanes of at least 4 members (excludes halogenated alkanes) is 3. The summed E-state index contributed by atoms with van der Waals surface area (Å²) in [6.07, 6.45) is 9.79. The molecular formula is C26H32N2O4. The maximum absolute atomic E-state index is 13.3. The van der Waals surface area contributed by atoms with E-state index in [1.165, 1.54) is 17.7 Å². The lowest BCUT2D eigenvalue weighted by Gasteiger charge is -2.32. The average Bonchev–Trinajstić information content (AvgIpc) is 3.32. The summed E-state index contributed by atoms with van der Waals surface area (Å²) in [4.78, 5) is 27.4. The van der Waals surface area contributed by atoms with Gasteiger partial charge in [0.05, 0.1) is 13.7 Å². The molecule has 0 atom stereocenters. The third kappa shape index (κ3) is 5.04. The Labute approximate surface area is 190 Å². The third-order valence-electron chi connectivity index (χ3n) is 6.22. The summed E-state index contributed by atoms with van der Waals surface area (Å²) >= 11 is 0. The monoisotopic (exact) mass is 436 g/mol. The lowest BCUT2D eigenvalue weighted by Crippen LogP contribution is -2.47. The van der Waals surface area contributed by atoms with Crippen LogP contribution in [0, 0.1) is 11.3 Å². The zero-order valence-corrected chi connectivity index (χ0v) is 19.3. The van der Waals surface area contributed by atoms with Gasteiger partial charge in [-0.2, -0.15) is 5.26 Å². The molecule has 0 aromatic heterocycles. The summed E-state index contributed by atoms with van der Waals surface area (Å²) in [5.74, 6) is 0.454.